The van der Waals surface area contributed by atoms with E-state index in [4.69, 9.17) is 0 Å². The van der Waals surface area contributed by atoms with Gasteiger partial charge in [-0.25, -0.2) is 4.79 Å². The number of nitrogens with zero attached hydrogens (tertiary/aromatic N) is 3. The normalized spacial score (nSPS) is 12.2. The van der Waals surface area contributed by atoms with Crippen LogP contribution in [0.1, 0.15) is 65.5 Å². The van der Waals surface area contributed by atoms with E-state index in [-0.39, 0.29) is 22.6 Å². The first-order valence-corrected chi connectivity index (χ1v) is 11.2. The molecule has 7 nitrogen and oxygen atoms in total. The van der Waals surface area contributed by atoms with Gasteiger partial charge in [-0.05, 0) is 66.0 Å². The summed E-state index contributed by atoms with van der Waals surface area (Å²) in [7, 11) is 0. The van der Waals surface area contributed by atoms with Gasteiger partial charge in [0, 0.05) is 6.54 Å². The quantitative estimate of drug-likeness (QED) is 0.433. The Balaban J connectivity index is 2.13. The van der Waals surface area contributed by atoms with E-state index in [9.17, 15) is 9.90 Å². The van der Waals surface area contributed by atoms with Crippen LogP contribution < -0.4 is 10.6 Å². The van der Waals surface area contributed by atoms with Crippen molar-refractivity contribution in [3.05, 3.63) is 41.5 Å². The Morgan fingerprint density at radius 3 is 2.41 bits per heavy atom. The van der Waals surface area contributed by atoms with Crippen LogP contribution in [0.4, 0.5) is 10.5 Å². The number of nitrogens with one attached hydrogen (secondary N) is 2. The summed E-state index contributed by atoms with van der Waals surface area (Å²) in [5.74, 6) is -0.0658. The van der Waals surface area contributed by atoms with Crippen molar-refractivity contribution >= 4 is 22.8 Å². The fourth-order valence-electron chi connectivity index (χ4n) is 4.22. The highest BCUT2D eigenvalue weighted by Gasteiger charge is 2.29. The fourth-order valence-corrected chi connectivity index (χ4v) is 4.22. The Morgan fingerprint density at radius 1 is 1.06 bits per heavy atom. The summed E-state index contributed by atoms with van der Waals surface area (Å²) >= 11 is 0. The molecule has 32 heavy (non-hydrogen) atoms. The Bertz CT molecular complexity index is 1130. The van der Waals surface area contributed by atoms with Gasteiger partial charge in [-0.2, -0.15) is 0 Å². The zero-order chi connectivity index (χ0) is 23.7. The van der Waals surface area contributed by atoms with Crippen molar-refractivity contribution in [1.29, 1.82) is 0 Å². The average molecular weight is 438 g/mol. The minimum absolute atomic E-state index is 0.0658. The fraction of sp³-hybridized carbons (Fsp3) is 0.480. The number of fused-ring (bicyclic) bond motifs is 1. The summed E-state index contributed by atoms with van der Waals surface area (Å²) in [6.07, 6.45) is 1.74. The summed E-state index contributed by atoms with van der Waals surface area (Å²) in [4.78, 5) is 13.8. The molecular formula is C25H35N5O2. The Kier molecular flexibility index (Phi) is 6.49. The number of carbonyl (C=O) groups is 1. The van der Waals surface area contributed by atoms with Crippen LogP contribution in [0.5, 0.6) is 5.75 Å². The Morgan fingerprint density at radius 2 is 1.75 bits per heavy atom. The highest BCUT2D eigenvalue weighted by molar-refractivity contribution is 5.92. The van der Waals surface area contributed by atoms with Gasteiger partial charge in [-0.15, -0.1) is 15.0 Å². The van der Waals surface area contributed by atoms with Crippen molar-refractivity contribution in [2.45, 2.75) is 66.7 Å². The molecule has 0 unspecified atom stereocenters. The highest BCUT2D eigenvalue weighted by atomic mass is 16.3. The van der Waals surface area contributed by atoms with Gasteiger partial charge in [0.1, 0.15) is 16.7 Å². The van der Waals surface area contributed by atoms with E-state index in [0.717, 1.165) is 35.0 Å². The van der Waals surface area contributed by atoms with Gasteiger partial charge in [0.25, 0.3) is 0 Å². The van der Waals surface area contributed by atoms with Crippen LogP contribution in [0.3, 0.4) is 0 Å². The number of phenols is 1. The van der Waals surface area contributed by atoms with Crippen LogP contribution in [0.15, 0.2) is 30.3 Å². The zero-order valence-electron chi connectivity index (χ0n) is 20.2. The van der Waals surface area contributed by atoms with E-state index >= 15 is 0 Å². The number of phenolic OH excluding ortho intramolecular Hbond substituents is 1. The molecule has 0 fully saturated rings. The third-order valence-corrected chi connectivity index (χ3v) is 5.38. The number of hydrogen-bond donors (Lipinski definition) is 3. The van der Waals surface area contributed by atoms with E-state index in [1.807, 2.05) is 44.2 Å². The first kappa shape index (κ1) is 23.6. The summed E-state index contributed by atoms with van der Waals surface area (Å²) < 4.78 is 0. The number of urea groups is 1. The molecule has 2 amide bonds. The summed E-state index contributed by atoms with van der Waals surface area (Å²) in [5.41, 5.74) is 4.23. The Hall–Kier alpha value is -3.09. The maximum absolute atomic E-state index is 12.4. The van der Waals surface area contributed by atoms with Crippen LogP contribution in [0.25, 0.3) is 16.7 Å². The van der Waals surface area contributed by atoms with Gasteiger partial charge in [-0.3, -0.25) is 0 Å². The maximum Gasteiger partial charge on any atom is 0.319 e. The van der Waals surface area contributed by atoms with E-state index in [2.05, 4.69) is 55.4 Å². The summed E-state index contributed by atoms with van der Waals surface area (Å²) in [5, 5.41) is 25.8. The number of rotatable bonds is 6. The van der Waals surface area contributed by atoms with Gasteiger partial charge in [0.2, 0.25) is 0 Å². The molecule has 1 heterocycles. The van der Waals surface area contributed by atoms with Crippen molar-refractivity contribution in [1.82, 2.24) is 20.3 Å². The lowest BCUT2D eigenvalue weighted by Gasteiger charge is -2.33. The second-order valence-corrected chi connectivity index (χ2v) is 10.4. The molecule has 7 heteroatoms. The number of aromatic nitrogens is 3. The molecule has 3 rings (SSSR count). The molecule has 0 saturated carbocycles. The summed E-state index contributed by atoms with van der Waals surface area (Å²) in [6.45, 7) is 15.5. The van der Waals surface area contributed by atoms with E-state index < -0.39 is 0 Å². The molecule has 2 aromatic carbocycles. The third kappa shape index (κ3) is 5.39. The predicted octanol–water partition coefficient (Wildman–Crippen LogP) is 5.68. The van der Waals surface area contributed by atoms with Gasteiger partial charge in [-0.1, -0.05) is 47.6 Å². The van der Waals surface area contributed by atoms with Crippen molar-refractivity contribution < 1.29 is 9.90 Å². The molecule has 1 aromatic heterocycles. The molecule has 3 N–H and O–H groups in total. The molecule has 0 aliphatic carbocycles. The number of hydrogen-bond acceptors (Lipinski definition) is 4. The lowest BCUT2D eigenvalue weighted by molar-refractivity contribution is 0.252. The van der Waals surface area contributed by atoms with Crippen LogP contribution >= 0.6 is 0 Å². The molecule has 0 spiro atoms. The van der Waals surface area contributed by atoms with Crippen molar-refractivity contribution in [2.24, 2.45) is 5.41 Å². The monoisotopic (exact) mass is 437 g/mol. The molecule has 0 saturated heterocycles. The lowest BCUT2D eigenvalue weighted by Crippen LogP contribution is -2.30. The minimum Gasteiger partial charge on any atom is -0.504 e. The average Bonchev–Trinajstić information content (AvgIpc) is 3.08. The number of benzene rings is 2. The smallest absolute Gasteiger partial charge is 0.319 e. The van der Waals surface area contributed by atoms with Gasteiger partial charge < -0.3 is 15.7 Å². The SMILES string of the molecule is CCCNC(=O)Nc1cc(C(C)(C)CC(C)(C)C)cc(-n2nc3ccc(C)cc3n2)c1O. The molecule has 3 aromatic rings. The molecule has 172 valence electrons. The predicted molar refractivity (Wildman–Crippen MR) is 130 cm³/mol. The lowest BCUT2D eigenvalue weighted by atomic mass is 9.72. The minimum atomic E-state index is -0.354. The molecule has 0 radical (unpaired) electrons. The molecule has 0 atom stereocenters. The van der Waals surface area contributed by atoms with Crippen molar-refractivity contribution in [3.63, 3.8) is 0 Å². The largest absolute Gasteiger partial charge is 0.504 e. The number of amides is 2. The first-order chi connectivity index (χ1) is 14.9. The standard InChI is InChI=1S/C25H35N5O2/c1-8-11-26-23(32)27-20-13-17(25(6,7)15-24(3,4)5)14-21(22(20)31)30-28-18-10-9-16(2)12-19(18)29-30/h9-10,12-14,31H,8,11,15H2,1-7H3,(H2,26,27,32). The molecule has 0 aliphatic rings. The third-order valence-electron chi connectivity index (χ3n) is 5.38. The van der Waals surface area contributed by atoms with Crippen LogP contribution in [-0.2, 0) is 5.41 Å². The van der Waals surface area contributed by atoms with E-state index in [0.29, 0.717) is 17.9 Å². The van der Waals surface area contributed by atoms with Crippen LogP contribution in [0.2, 0.25) is 0 Å². The van der Waals surface area contributed by atoms with Gasteiger partial charge >= 0.3 is 6.03 Å². The molecule has 0 aliphatic heterocycles. The highest BCUT2D eigenvalue weighted by Crippen LogP contribution is 2.41. The van der Waals surface area contributed by atoms with Crippen molar-refractivity contribution in [2.75, 3.05) is 11.9 Å². The van der Waals surface area contributed by atoms with E-state index in [1.54, 1.807) is 0 Å². The second kappa shape index (κ2) is 8.81. The topological polar surface area (TPSA) is 92.1 Å². The second-order valence-electron chi connectivity index (χ2n) is 10.4. The van der Waals surface area contributed by atoms with E-state index in [1.165, 1.54) is 4.80 Å². The van der Waals surface area contributed by atoms with Crippen molar-refractivity contribution in [3.8, 4) is 11.4 Å². The summed E-state index contributed by atoms with van der Waals surface area (Å²) in [6, 6.07) is 9.27. The number of aryl methyl sites for hydroxylation is 1. The zero-order valence-corrected chi connectivity index (χ0v) is 20.2. The van der Waals surface area contributed by atoms with Gasteiger partial charge in [0.05, 0.1) is 5.69 Å². The Labute approximate surface area is 190 Å². The molecule has 0 bridgehead atoms. The maximum atomic E-state index is 12.4. The molecular weight excluding hydrogens is 402 g/mol. The first-order valence-electron chi connectivity index (χ1n) is 11.2. The van der Waals surface area contributed by atoms with Crippen LogP contribution in [-0.4, -0.2) is 32.7 Å². The number of carbonyl (C=O) groups excluding carboxylic acids is 1. The van der Waals surface area contributed by atoms with Crippen LogP contribution in [0, 0.1) is 12.3 Å². The number of aromatic hydroxyl groups is 1. The van der Waals surface area contributed by atoms with Gasteiger partial charge in [0.15, 0.2) is 5.75 Å². The number of anilines is 1.